The molecular weight excluding hydrogens is 316 g/mol. The molecule has 7 heteroatoms. The van der Waals surface area contributed by atoms with Crippen LogP contribution < -0.4 is 10.6 Å². The van der Waals surface area contributed by atoms with E-state index in [9.17, 15) is 9.59 Å². The predicted octanol–water partition coefficient (Wildman–Crippen LogP) is 2.18. The average molecular weight is 336 g/mol. The van der Waals surface area contributed by atoms with Gasteiger partial charge in [0.25, 0.3) is 5.91 Å². The molecule has 0 saturated carbocycles. The minimum absolute atomic E-state index is 0.0818. The third kappa shape index (κ3) is 6.66. The van der Waals surface area contributed by atoms with Crippen molar-refractivity contribution >= 4 is 23.2 Å². The second-order valence-corrected chi connectivity index (χ2v) is 5.63. The van der Waals surface area contributed by atoms with Crippen LogP contribution in [0.5, 0.6) is 0 Å². The first-order chi connectivity index (χ1) is 11.3. The van der Waals surface area contributed by atoms with Gasteiger partial charge in [-0.15, -0.1) is 0 Å². The van der Waals surface area contributed by atoms with Crippen molar-refractivity contribution in [2.75, 3.05) is 19.7 Å². The summed E-state index contributed by atoms with van der Waals surface area (Å²) in [7, 11) is 0. The maximum absolute atomic E-state index is 11.7. The number of rotatable bonds is 10. The summed E-state index contributed by atoms with van der Waals surface area (Å²) in [5.41, 5.74) is 0.629. The Morgan fingerprint density at radius 3 is 2.87 bits per heavy atom. The monoisotopic (exact) mass is 336 g/mol. The van der Waals surface area contributed by atoms with E-state index in [4.69, 9.17) is 9.15 Å². The third-order valence-electron chi connectivity index (χ3n) is 3.03. The fraction of sp³-hybridized carbons (Fsp3) is 0.375. The van der Waals surface area contributed by atoms with E-state index in [1.54, 1.807) is 17.7 Å². The van der Waals surface area contributed by atoms with Gasteiger partial charge in [0.05, 0.1) is 6.26 Å². The lowest BCUT2D eigenvalue weighted by Gasteiger charge is -2.06. The smallest absolute Gasteiger partial charge is 0.252 e. The number of hydrogen-bond donors (Lipinski definition) is 2. The van der Waals surface area contributed by atoms with Gasteiger partial charge >= 0.3 is 0 Å². The Labute approximate surface area is 138 Å². The van der Waals surface area contributed by atoms with E-state index >= 15 is 0 Å². The van der Waals surface area contributed by atoms with Gasteiger partial charge in [0, 0.05) is 37.1 Å². The third-order valence-corrected chi connectivity index (χ3v) is 3.72. The fourth-order valence-corrected chi connectivity index (χ4v) is 2.48. The number of thiophene rings is 1. The predicted molar refractivity (Wildman–Crippen MR) is 87.3 cm³/mol. The molecule has 0 aromatic carbocycles. The molecule has 0 saturated heterocycles. The largest absolute Gasteiger partial charge is 0.467 e. The van der Waals surface area contributed by atoms with Crippen LogP contribution in [-0.2, 0) is 16.1 Å². The highest BCUT2D eigenvalue weighted by molar-refractivity contribution is 7.08. The van der Waals surface area contributed by atoms with Crippen LogP contribution in [0, 0.1) is 0 Å². The molecule has 0 spiro atoms. The second kappa shape index (κ2) is 9.81. The Balaban J connectivity index is 1.44. The molecule has 0 fully saturated rings. The Morgan fingerprint density at radius 1 is 1.22 bits per heavy atom. The molecule has 0 radical (unpaired) electrons. The van der Waals surface area contributed by atoms with Gasteiger partial charge in [-0.2, -0.15) is 11.3 Å². The van der Waals surface area contributed by atoms with Gasteiger partial charge in [0.1, 0.15) is 12.4 Å². The first kappa shape index (κ1) is 17.2. The summed E-state index contributed by atoms with van der Waals surface area (Å²) in [6.07, 6.45) is 2.60. The summed E-state index contributed by atoms with van der Waals surface area (Å²) in [5.74, 6) is 0.558. The van der Waals surface area contributed by atoms with E-state index < -0.39 is 0 Å². The van der Waals surface area contributed by atoms with Crippen molar-refractivity contribution in [3.8, 4) is 0 Å². The normalized spacial score (nSPS) is 10.4. The van der Waals surface area contributed by atoms with Crippen LogP contribution in [0.2, 0.25) is 0 Å². The van der Waals surface area contributed by atoms with Crippen LogP contribution in [-0.4, -0.2) is 31.5 Å². The van der Waals surface area contributed by atoms with Crippen LogP contribution in [0.3, 0.4) is 0 Å². The lowest BCUT2D eigenvalue weighted by molar-refractivity contribution is -0.121. The first-order valence-corrected chi connectivity index (χ1v) is 8.37. The van der Waals surface area contributed by atoms with Gasteiger partial charge < -0.3 is 19.8 Å². The van der Waals surface area contributed by atoms with Gasteiger partial charge in [-0.05, 0) is 30.0 Å². The lowest BCUT2D eigenvalue weighted by atomic mass is 10.3. The van der Waals surface area contributed by atoms with E-state index in [0.717, 1.165) is 12.2 Å². The lowest BCUT2D eigenvalue weighted by Crippen LogP contribution is -2.31. The number of amides is 2. The molecule has 6 nitrogen and oxygen atoms in total. The standard InChI is InChI=1S/C16H20N2O4S/c19-15(4-7-18-16(20)13-5-10-23-12-13)17-6-2-8-21-11-14-3-1-9-22-14/h1,3,5,9-10,12H,2,4,6-8,11H2,(H,17,19)(H,18,20). The molecule has 2 rings (SSSR count). The zero-order valence-corrected chi connectivity index (χ0v) is 13.6. The van der Waals surface area contributed by atoms with Crippen molar-refractivity contribution in [3.63, 3.8) is 0 Å². The quantitative estimate of drug-likeness (QED) is 0.652. The second-order valence-electron chi connectivity index (χ2n) is 4.85. The zero-order chi connectivity index (χ0) is 16.3. The van der Waals surface area contributed by atoms with Crippen molar-refractivity contribution in [3.05, 3.63) is 46.5 Å². The molecule has 2 aromatic rings. The van der Waals surface area contributed by atoms with Crippen LogP contribution in [0.1, 0.15) is 29.0 Å². The van der Waals surface area contributed by atoms with E-state index in [-0.39, 0.29) is 18.2 Å². The fourth-order valence-electron chi connectivity index (χ4n) is 1.84. The van der Waals surface area contributed by atoms with Crippen molar-refractivity contribution in [2.24, 2.45) is 0 Å². The first-order valence-electron chi connectivity index (χ1n) is 7.43. The van der Waals surface area contributed by atoms with Gasteiger partial charge in [0.15, 0.2) is 0 Å². The molecule has 0 unspecified atom stereocenters. The van der Waals surface area contributed by atoms with E-state index in [2.05, 4.69) is 10.6 Å². The Hall–Kier alpha value is -2.12. The molecule has 2 amide bonds. The van der Waals surface area contributed by atoms with E-state index in [1.165, 1.54) is 11.3 Å². The summed E-state index contributed by atoms with van der Waals surface area (Å²) in [6, 6.07) is 5.42. The van der Waals surface area contributed by atoms with E-state index in [0.29, 0.717) is 31.9 Å². The summed E-state index contributed by atoms with van der Waals surface area (Å²) < 4.78 is 10.6. The Kier molecular flexibility index (Phi) is 7.35. The maximum Gasteiger partial charge on any atom is 0.252 e. The average Bonchev–Trinajstić information content (AvgIpc) is 3.23. The number of nitrogens with one attached hydrogen (secondary N) is 2. The van der Waals surface area contributed by atoms with Crippen LogP contribution in [0.15, 0.2) is 39.6 Å². The molecule has 2 aromatic heterocycles. The van der Waals surface area contributed by atoms with E-state index in [1.807, 2.05) is 17.5 Å². The van der Waals surface area contributed by atoms with Crippen molar-refractivity contribution in [2.45, 2.75) is 19.4 Å². The van der Waals surface area contributed by atoms with Crippen LogP contribution >= 0.6 is 11.3 Å². The summed E-state index contributed by atoms with van der Waals surface area (Å²) >= 11 is 1.47. The minimum atomic E-state index is -0.148. The van der Waals surface area contributed by atoms with Gasteiger partial charge in [-0.3, -0.25) is 9.59 Å². The number of carbonyl (C=O) groups is 2. The molecule has 0 aliphatic carbocycles. The Morgan fingerprint density at radius 2 is 2.13 bits per heavy atom. The molecular formula is C16H20N2O4S. The molecule has 2 heterocycles. The van der Waals surface area contributed by atoms with Gasteiger partial charge in [-0.25, -0.2) is 0 Å². The molecule has 124 valence electrons. The van der Waals surface area contributed by atoms with Crippen molar-refractivity contribution in [1.82, 2.24) is 10.6 Å². The molecule has 23 heavy (non-hydrogen) atoms. The highest BCUT2D eigenvalue weighted by atomic mass is 32.1. The summed E-state index contributed by atoms with van der Waals surface area (Å²) in [4.78, 5) is 23.3. The summed E-state index contributed by atoms with van der Waals surface area (Å²) in [6.45, 7) is 1.87. The van der Waals surface area contributed by atoms with Crippen molar-refractivity contribution in [1.29, 1.82) is 0 Å². The topological polar surface area (TPSA) is 80.6 Å². The molecule has 0 atom stereocenters. The zero-order valence-electron chi connectivity index (χ0n) is 12.7. The highest BCUT2D eigenvalue weighted by Crippen LogP contribution is 2.05. The van der Waals surface area contributed by atoms with Crippen LogP contribution in [0.25, 0.3) is 0 Å². The van der Waals surface area contributed by atoms with Crippen LogP contribution in [0.4, 0.5) is 0 Å². The molecule has 0 aliphatic rings. The number of furan rings is 1. The molecule has 2 N–H and O–H groups in total. The number of ether oxygens (including phenoxy) is 1. The van der Waals surface area contributed by atoms with Gasteiger partial charge in [-0.1, -0.05) is 0 Å². The van der Waals surface area contributed by atoms with Gasteiger partial charge in [0.2, 0.25) is 5.91 Å². The Bertz CT molecular complexity index is 581. The van der Waals surface area contributed by atoms with Crippen molar-refractivity contribution < 1.29 is 18.7 Å². The summed E-state index contributed by atoms with van der Waals surface area (Å²) in [5, 5.41) is 9.13. The number of hydrogen-bond acceptors (Lipinski definition) is 5. The SMILES string of the molecule is O=C(CCNC(=O)c1ccsc1)NCCCOCc1ccco1. The maximum atomic E-state index is 11.7. The minimum Gasteiger partial charge on any atom is -0.467 e. The molecule has 0 aliphatic heterocycles. The number of carbonyl (C=O) groups excluding carboxylic acids is 2. The highest BCUT2D eigenvalue weighted by Gasteiger charge is 2.06. The molecule has 0 bridgehead atoms.